The Bertz CT molecular complexity index is 1150. The number of fused-ring (bicyclic) bond motifs is 1. The molecule has 0 spiro atoms. The highest BCUT2D eigenvalue weighted by Crippen LogP contribution is 2.35. The summed E-state index contributed by atoms with van der Waals surface area (Å²) in [6.07, 6.45) is 16.6. The minimum Gasteiger partial charge on any atom is -0.206 e. The van der Waals surface area contributed by atoms with Gasteiger partial charge in [-0.1, -0.05) is 120 Å². The molecular weight excluding hydrogens is 439 g/mol. The Kier molecular flexibility index (Phi) is 10.0. The van der Waals surface area contributed by atoms with Crippen LogP contribution >= 0.6 is 0 Å². The summed E-state index contributed by atoms with van der Waals surface area (Å²) in [6.45, 7) is 4.48. The second-order valence-electron chi connectivity index (χ2n) is 10.9. The number of rotatable bonds is 10. The number of hydrogen-bond donors (Lipinski definition) is 0. The molecule has 0 amide bonds. The van der Waals surface area contributed by atoms with Gasteiger partial charge in [-0.3, -0.25) is 0 Å². The van der Waals surface area contributed by atoms with Crippen LogP contribution in [0.5, 0.6) is 0 Å². The molecule has 0 aliphatic heterocycles. The van der Waals surface area contributed by atoms with E-state index in [1.165, 1.54) is 63.4 Å². The molecule has 4 rings (SSSR count). The monoisotopic (exact) mass is 482 g/mol. The first kappa shape index (κ1) is 26.5. The Labute approximate surface area is 218 Å². The lowest BCUT2D eigenvalue weighted by molar-refractivity contribution is 0.248. The summed E-state index contributed by atoms with van der Waals surface area (Å²) in [5, 5.41) is 1.66. The van der Waals surface area contributed by atoms with Crippen LogP contribution in [0.4, 0.5) is 4.39 Å². The highest BCUT2D eigenvalue weighted by atomic mass is 19.1. The second-order valence-corrected chi connectivity index (χ2v) is 10.9. The standard InChI is InChI=1S/C35H43F/c1-3-5-6-7-9-28-12-16-30(17-13-28)20-22-32-23-24-33-26-31(21-25-34(33)35(32)36)19-18-29-14-10-27(8-4-2)11-15-29/h10-11,14-15,21,23-26,28,30H,3-9,12-13,16-17,20,22H2,1-2H3. The van der Waals surface area contributed by atoms with Crippen molar-refractivity contribution in [3.05, 3.63) is 82.7 Å². The molecule has 0 N–H and O–H groups in total. The van der Waals surface area contributed by atoms with E-state index >= 15 is 4.39 Å². The SMILES string of the molecule is CCCCCCC1CCC(CCc2ccc3cc(C#Cc4ccc(CCC)cc4)ccc3c2F)CC1. The van der Waals surface area contributed by atoms with E-state index in [4.69, 9.17) is 0 Å². The Morgan fingerprint density at radius 3 is 2.11 bits per heavy atom. The molecule has 0 aromatic heterocycles. The van der Waals surface area contributed by atoms with Gasteiger partial charge >= 0.3 is 0 Å². The zero-order chi connectivity index (χ0) is 25.2. The van der Waals surface area contributed by atoms with Gasteiger partial charge in [0.05, 0.1) is 0 Å². The lowest BCUT2D eigenvalue weighted by atomic mass is 9.77. The topological polar surface area (TPSA) is 0 Å². The number of unbranched alkanes of at least 4 members (excludes halogenated alkanes) is 3. The van der Waals surface area contributed by atoms with Crippen LogP contribution in [-0.2, 0) is 12.8 Å². The summed E-state index contributed by atoms with van der Waals surface area (Å²) in [6, 6.07) is 18.4. The molecule has 0 nitrogen and oxygen atoms in total. The molecular formula is C35H43F. The molecule has 0 unspecified atom stereocenters. The third-order valence-electron chi connectivity index (χ3n) is 8.13. The smallest absolute Gasteiger partial charge is 0.134 e. The van der Waals surface area contributed by atoms with Crippen LogP contribution < -0.4 is 0 Å². The molecule has 1 fully saturated rings. The van der Waals surface area contributed by atoms with Crippen molar-refractivity contribution in [2.45, 2.75) is 97.3 Å². The Morgan fingerprint density at radius 2 is 1.39 bits per heavy atom. The third-order valence-corrected chi connectivity index (χ3v) is 8.13. The minimum atomic E-state index is -0.0388. The first-order valence-electron chi connectivity index (χ1n) is 14.5. The molecule has 0 atom stereocenters. The van der Waals surface area contributed by atoms with Crippen LogP contribution in [0.25, 0.3) is 10.8 Å². The van der Waals surface area contributed by atoms with Crippen molar-refractivity contribution >= 4 is 10.8 Å². The summed E-state index contributed by atoms with van der Waals surface area (Å²) in [5.41, 5.74) is 4.17. The molecule has 1 aliphatic carbocycles. The van der Waals surface area contributed by atoms with E-state index in [1.54, 1.807) is 0 Å². The van der Waals surface area contributed by atoms with Crippen LogP contribution in [0.1, 0.15) is 107 Å². The van der Waals surface area contributed by atoms with Crippen LogP contribution in [0.2, 0.25) is 0 Å². The summed E-state index contributed by atoms with van der Waals surface area (Å²) in [4.78, 5) is 0. The maximum atomic E-state index is 15.3. The average molecular weight is 483 g/mol. The predicted molar refractivity (Wildman–Crippen MR) is 153 cm³/mol. The third kappa shape index (κ3) is 7.46. The molecule has 3 aromatic carbocycles. The maximum Gasteiger partial charge on any atom is 0.134 e. The van der Waals surface area contributed by atoms with E-state index in [1.807, 2.05) is 24.3 Å². The van der Waals surface area contributed by atoms with Gasteiger partial charge in [0.1, 0.15) is 5.82 Å². The zero-order valence-electron chi connectivity index (χ0n) is 22.4. The molecule has 0 heterocycles. The molecule has 36 heavy (non-hydrogen) atoms. The molecule has 1 heteroatoms. The van der Waals surface area contributed by atoms with Crippen molar-refractivity contribution in [1.82, 2.24) is 0 Å². The van der Waals surface area contributed by atoms with Gasteiger partial charge in [-0.05, 0) is 71.9 Å². The molecule has 0 saturated heterocycles. The molecule has 0 bridgehead atoms. The van der Waals surface area contributed by atoms with Gasteiger partial charge in [0, 0.05) is 16.5 Å². The van der Waals surface area contributed by atoms with E-state index in [0.717, 1.165) is 65.0 Å². The molecule has 1 aliphatic rings. The van der Waals surface area contributed by atoms with Gasteiger partial charge < -0.3 is 0 Å². The van der Waals surface area contributed by atoms with Gasteiger partial charge in [0.15, 0.2) is 0 Å². The number of hydrogen-bond acceptors (Lipinski definition) is 0. The van der Waals surface area contributed by atoms with Crippen molar-refractivity contribution in [1.29, 1.82) is 0 Å². The van der Waals surface area contributed by atoms with E-state index < -0.39 is 0 Å². The number of halogens is 1. The number of aryl methyl sites for hydroxylation is 2. The zero-order valence-corrected chi connectivity index (χ0v) is 22.4. The largest absolute Gasteiger partial charge is 0.206 e. The fourth-order valence-corrected chi connectivity index (χ4v) is 5.82. The summed E-state index contributed by atoms with van der Waals surface area (Å²) < 4.78 is 15.3. The summed E-state index contributed by atoms with van der Waals surface area (Å²) >= 11 is 0. The Hall–Kier alpha value is -2.59. The molecule has 190 valence electrons. The molecule has 3 aromatic rings. The summed E-state index contributed by atoms with van der Waals surface area (Å²) in [5.74, 6) is 8.17. The first-order chi connectivity index (χ1) is 17.7. The van der Waals surface area contributed by atoms with Crippen LogP contribution in [0.3, 0.4) is 0 Å². The van der Waals surface area contributed by atoms with E-state index in [-0.39, 0.29) is 5.82 Å². The van der Waals surface area contributed by atoms with E-state index in [9.17, 15) is 0 Å². The Balaban J connectivity index is 1.32. The van der Waals surface area contributed by atoms with Crippen LogP contribution in [0, 0.1) is 29.5 Å². The Morgan fingerprint density at radius 1 is 0.694 bits per heavy atom. The minimum absolute atomic E-state index is 0.0388. The van der Waals surface area contributed by atoms with Crippen LogP contribution in [0.15, 0.2) is 54.6 Å². The fourth-order valence-electron chi connectivity index (χ4n) is 5.82. The first-order valence-corrected chi connectivity index (χ1v) is 14.5. The van der Waals surface area contributed by atoms with E-state index in [0.29, 0.717) is 0 Å². The lowest BCUT2D eigenvalue weighted by Gasteiger charge is -2.28. The van der Waals surface area contributed by atoms with E-state index in [2.05, 4.69) is 56.0 Å². The van der Waals surface area contributed by atoms with Crippen molar-refractivity contribution < 1.29 is 4.39 Å². The van der Waals surface area contributed by atoms with Gasteiger partial charge in [-0.15, -0.1) is 0 Å². The summed E-state index contributed by atoms with van der Waals surface area (Å²) in [7, 11) is 0. The molecule has 1 saturated carbocycles. The van der Waals surface area contributed by atoms with Crippen LogP contribution in [-0.4, -0.2) is 0 Å². The second kappa shape index (κ2) is 13.6. The van der Waals surface area contributed by atoms with Crippen molar-refractivity contribution in [2.75, 3.05) is 0 Å². The van der Waals surface area contributed by atoms with Crippen molar-refractivity contribution in [3.8, 4) is 11.8 Å². The van der Waals surface area contributed by atoms with Crippen molar-refractivity contribution in [2.24, 2.45) is 11.8 Å². The van der Waals surface area contributed by atoms with Gasteiger partial charge in [0.2, 0.25) is 0 Å². The highest BCUT2D eigenvalue weighted by molar-refractivity contribution is 5.85. The normalized spacial score (nSPS) is 17.6. The number of benzene rings is 3. The fraction of sp³-hybridized carbons (Fsp3) is 0.486. The van der Waals surface area contributed by atoms with Gasteiger partial charge in [-0.25, -0.2) is 4.39 Å². The molecule has 0 radical (unpaired) electrons. The lowest BCUT2D eigenvalue weighted by Crippen LogP contribution is -2.15. The van der Waals surface area contributed by atoms with Gasteiger partial charge in [0.25, 0.3) is 0 Å². The predicted octanol–water partition coefficient (Wildman–Crippen LogP) is 10.0. The van der Waals surface area contributed by atoms with Gasteiger partial charge in [-0.2, -0.15) is 0 Å². The highest BCUT2D eigenvalue weighted by Gasteiger charge is 2.21. The van der Waals surface area contributed by atoms with Crippen molar-refractivity contribution in [3.63, 3.8) is 0 Å². The average Bonchev–Trinajstić information content (AvgIpc) is 2.91. The maximum absolute atomic E-state index is 15.3. The quantitative estimate of drug-likeness (QED) is 0.199.